The molecule has 1 aromatic heterocycles. The van der Waals surface area contributed by atoms with Crippen molar-refractivity contribution in [1.29, 1.82) is 0 Å². The summed E-state index contributed by atoms with van der Waals surface area (Å²) < 4.78 is 17.4. The highest BCUT2D eigenvalue weighted by Gasteiger charge is 2.34. The molecule has 3 heterocycles. The fourth-order valence-corrected chi connectivity index (χ4v) is 5.50. The van der Waals surface area contributed by atoms with Crippen molar-refractivity contribution in [3.63, 3.8) is 0 Å². The van der Waals surface area contributed by atoms with Crippen LogP contribution in [0.3, 0.4) is 0 Å². The van der Waals surface area contributed by atoms with Gasteiger partial charge in [-0.3, -0.25) is 4.90 Å². The third-order valence-electron chi connectivity index (χ3n) is 8.21. The number of morpholine rings is 1. The normalized spacial score (nSPS) is 22.4. The Morgan fingerprint density at radius 1 is 1.20 bits per heavy atom. The highest BCUT2D eigenvalue weighted by molar-refractivity contribution is 5.79. The lowest BCUT2D eigenvalue weighted by Crippen LogP contribution is -2.35. The first kappa shape index (κ1) is 29.3. The number of rotatable bonds is 11. The zero-order valence-corrected chi connectivity index (χ0v) is 24.9. The molecule has 8 heteroatoms. The lowest BCUT2D eigenvalue weighted by atomic mass is 9.75. The Morgan fingerprint density at radius 2 is 1.93 bits per heavy atom. The molecule has 8 nitrogen and oxygen atoms in total. The van der Waals surface area contributed by atoms with E-state index in [2.05, 4.69) is 72.0 Å². The maximum Gasteiger partial charge on any atom is 0.157 e. The van der Waals surface area contributed by atoms with E-state index in [1.165, 1.54) is 5.56 Å². The predicted molar refractivity (Wildman–Crippen MR) is 165 cm³/mol. The van der Waals surface area contributed by atoms with Gasteiger partial charge in [0.05, 0.1) is 32.1 Å². The van der Waals surface area contributed by atoms with Gasteiger partial charge in [0.15, 0.2) is 5.82 Å². The van der Waals surface area contributed by atoms with Crippen LogP contribution in [0.1, 0.15) is 57.2 Å². The molecule has 2 fully saturated rings. The Bertz CT molecular complexity index is 1270. The summed E-state index contributed by atoms with van der Waals surface area (Å²) in [4.78, 5) is 15.8. The second-order valence-electron chi connectivity index (χ2n) is 11.4. The quantitative estimate of drug-likeness (QED) is 0.328. The number of hydrogen-bond acceptors (Lipinski definition) is 7. The number of aromatic nitrogens is 2. The number of nitrogens with zero attached hydrogens (tertiary/aromatic N) is 3. The first-order chi connectivity index (χ1) is 20.0. The minimum atomic E-state index is -0.343. The molecule has 1 atom stereocenters. The van der Waals surface area contributed by atoms with Crippen LogP contribution >= 0.6 is 0 Å². The molecular weight excluding hydrogens is 514 g/mol. The van der Waals surface area contributed by atoms with Crippen molar-refractivity contribution in [2.24, 2.45) is 10.4 Å². The molecule has 1 aromatic carbocycles. The van der Waals surface area contributed by atoms with E-state index in [0.717, 1.165) is 118 Å². The topological polar surface area (TPSA) is 84.0 Å². The van der Waals surface area contributed by atoms with Gasteiger partial charge in [-0.25, -0.2) is 9.98 Å². The summed E-state index contributed by atoms with van der Waals surface area (Å²) in [6.45, 7) is 15.0. The molecule has 5 rings (SSSR count). The van der Waals surface area contributed by atoms with Crippen molar-refractivity contribution in [2.45, 2.75) is 58.6 Å². The molecule has 0 radical (unpaired) electrons. The number of H-pyrrole nitrogens is 1. The number of allylic oxidation sites excluding steroid dienone is 3. The number of aromatic amines is 1. The van der Waals surface area contributed by atoms with E-state index in [1.807, 2.05) is 13.3 Å². The Balaban J connectivity index is 1.37. The largest absolute Gasteiger partial charge is 0.488 e. The number of imidazole rings is 1. The molecule has 220 valence electrons. The van der Waals surface area contributed by atoms with E-state index in [9.17, 15) is 0 Å². The highest BCUT2D eigenvalue weighted by atomic mass is 16.5. The van der Waals surface area contributed by atoms with E-state index in [1.54, 1.807) is 0 Å². The van der Waals surface area contributed by atoms with E-state index in [4.69, 9.17) is 24.2 Å². The Morgan fingerprint density at radius 3 is 2.63 bits per heavy atom. The molecule has 2 aromatic rings. The summed E-state index contributed by atoms with van der Waals surface area (Å²) in [5, 5.41) is 3.35. The summed E-state index contributed by atoms with van der Waals surface area (Å²) in [5.41, 5.74) is 4.70. The third-order valence-corrected chi connectivity index (χ3v) is 8.21. The molecule has 2 saturated heterocycles. The smallest absolute Gasteiger partial charge is 0.157 e. The van der Waals surface area contributed by atoms with Crippen LogP contribution in [0.4, 0.5) is 5.82 Å². The van der Waals surface area contributed by atoms with Crippen molar-refractivity contribution in [3.05, 3.63) is 65.7 Å². The van der Waals surface area contributed by atoms with Gasteiger partial charge >= 0.3 is 0 Å². The summed E-state index contributed by atoms with van der Waals surface area (Å²) in [7, 11) is 1.94. The van der Waals surface area contributed by atoms with Gasteiger partial charge in [-0.15, -0.1) is 0 Å². The van der Waals surface area contributed by atoms with Crippen molar-refractivity contribution in [2.75, 3.05) is 46.6 Å². The molecule has 0 saturated carbocycles. The molecule has 0 spiro atoms. The molecule has 0 bridgehead atoms. The SMILES string of the molecule is C=C(c1nc(-c2ccc(CN3CCOCC3)cc2)[nH]c1/N=C\CCC)C1(C)C=C(NC)C(OC2CCOCC2)=CC1. The van der Waals surface area contributed by atoms with Crippen molar-refractivity contribution >= 4 is 17.6 Å². The summed E-state index contributed by atoms with van der Waals surface area (Å²) in [6, 6.07) is 8.67. The van der Waals surface area contributed by atoms with Crippen LogP contribution < -0.4 is 5.32 Å². The second kappa shape index (κ2) is 13.6. The molecule has 1 unspecified atom stereocenters. The molecule has 2 aliphatic heterocycles. The van der Waals surface area contributed by atoms with Crippen LogP contribution in [0.15, 0.2) is 59.4 Å². The third kappa shape index (κ3) is 7.18. The maximum absolute atomic E-state index is 6.39. The molecule has 3 aliphatic rings. The van der Waals surface area contributed by atoms with Gasteiger partial charge in [-0.05, 0) is 36.1 Å². The second-order valence-corrected chi connectivity index (χ2v) is 11.4. The fourth-order valence-electron chi connectivity index (χ4n) is 5.50. The molecular formula is C33H45N5O3. The van der Waals surface area contributed by atoms with Crippen LogP contribution in [-0.4, -0.2) is 73.8 Å². The van der Waals surface area contributed by atoms with Gasteiger partial charge in [0, 0.05) is 56.7 Å². The van der Waals surface area contributed by atoms with Crippen molar-refractivity contribution in [3.8, 4) is 11.4 Å². The molecule has 1 aliphatic carbocycles. The number of nitrogens with one attached hydrogen (secondary N) is 2. The van der Waals surface area contributed by atoms with Crippen LogP contribution in [0.25, 0.3) is 17.0 Å². The maximum atomic E-state index is 6.39. The lowest BCUT2D eigenvalue weighted by molar-refractivity contribution is -0.00299. The summed E-state index contributed by atoms with van der Waals surface area (Å²) in [6.07, 6.45) is 11.1. The van der Waals surface area contributed by atoms with Gasteiger partial charge in [-0.2, -0.15) is 0 Å². The molecule has 0 amide bonds. The van der Waals surface area contributed by atoms with Crippen molar-refractivity contribution in [1.82, 2.24) is 20.2 Å². The van der Waals surface area contributed by atoms with Gasteiger partial charge in [0.2, 0.25) is 0 Å². The number of hydrogen-bond donors (Lipinski definition) is 2. The average Bonchev–Trinajstić information content (AvgIpc) is 3.43. The first-order valence-electron chi connectivity index (χ1n) is 15.1. The number of likely N-dealkylation sites (N-methyl/N-ethyl adjacent to an activating group) is 1. The van der Waals surface area contributed by atoms with Crippen LogP contribution in [0.5, 0.6) is 0 Å². The predicted octanol–water partition coefficient (Wildman–Crippen LogP) is 6.02. The Labute approximate surface area is 244 Å². The van der Waals surface area contributed by atoms with Gasteiger partial charge in [0.25, 0.3) is 0 Å². The minimum Gasteiger partial charge on any atom is -0.488 e. The van der Waals surface area contributed by atoms with Gasteiger partial charge in [0.1, 0.15) is 23.4 Å². The summed E-state index contributed by atoms with van der Waals surface area (Å²) >= 11 is 0. The van der Waals surface area contributed by atoms with Crippen molar-refractivity contribution < 1.29 is 14.2 Å². The number of unbranched alkanes of at least 4 members (excludes halogenated alkanes) is 1. The number of benzene rings is 1. The lowest BCUT2D eigenvalue weighted by Gasteiger charge is -2.34. The van der Waals surface area contributed by atoms with Gasteiger partial charge < -0.3 is 24.5 Å². The van der Waals surface area contributed by atoms with E-state index >= 15 is 0 Å². The standard InChI is InChI=1S/C33H45N5O3/c1-5-6-15-35-32-30(36-31(37-32)26-9-7-25(8-10-26)23-38-16-20-40-21-17-38)24(2)33(3)14-11-29(28(22-33)34-4)41-27-12-18-39-19-13-27/h7-11,15,22,27,34H,2,5-6,12-14,16-21,23H2,1,3-4H3,(H,36,37)/b35-15-. The molecule has 41 heavy (non-hydrogen) atoms. The van der Waals surface area contributed by atoms with E-state index in [0.29, 0.717) is 0 Å². The van der Waals surface area contributed by atoms with Crippen LogP contribution in [0, 0.1) is 5.41 Å². The van der Waals surface area contributed by atoms with Gasteiger partial charge in [-0.1, -0.05) is 51.1 Å². The van der Waals surface area contributed by atoms with E-state index < -0.39 is 0 Å². The number of ether oxygens (including phenoxy) is 3. The monoisotopic (exact) mass is 559 g/mol. The fraction of sp³-hybridized carbons (Fsp3) is 0.515. The minimum absolute atomic E-state index is 0.188. The van der Waals surface area contributed by atoms with E-state index in [-0.39, 0.29) is 11.5 Å². The zero-order chi connectivity index (χ0) is 28.7. The van der Waals surface area contributed by atoms with Crippen LogP contribution in [-0.2, 0) is 20.8 Å². The van der Waals surface area contributed by atoms with Crippen LogP contribution in [0.2, 0.25) is 0 Å². The zero-order valence-electron chi connectivity index (χ0n) is 24.9. The summed E-state index contributed by atoms with van der Waals surface area (Å²) in [5.74, 6) is 2.47. The first-order valence-corrected chi connectivity index (χ1v) is 15.1. The average molecular weight is 560 g/mol. The Kier molecular flexibility index (Phi) is 9.75. The molecule has 2 N–H and O–H groups in total. The Hall–Kier alpha value is -3.20. The highest BCUT2D eigenvalue weighted by Crippen LogP contribution is 2.45. The number of aliphatic imine (C=N–C) groups is 1.